The Morgan fingerprint density at radius 2 is 1.53 bits per heavy atom. The maximum atomic E-state index is 13.6. The van der Waals surface area contributed by atoms with Gasteiger partial charge in [-0.25, -0.2) is 9.69 Å². The molecule has 1 N–H and O–H groups in total. The second-order valence-electron chi connectivity index (χ2n) is 8.47. The summed E-state index contributed by atoms with van der Waals surface area (Å²) in [5.74, 6) is 1.25. The molecular formula is C28H29N3O7. The molecule has 198 valence electrons. The highest BCUT2D eigenvalue weighted by Gasteiger charge is 2.46. The third-order valence-corrected chi connectivity index (χ3v) is 6.18. The van der Waals surface area contributed by atoms with Gasteiger partial charge in [0.2, 0.25) is 5.91 Å². The van der Waals surface area contributed by atoms with E-state index in [1.165, 1.54) is 26.2 Å². The van der Waals surface area contributed by atoms with Crippen molar-refractivity contribution in [2.45, 2.75) is 19.0 Å². The molecule has 0 aromatic heterocycles. The van der Waals surface area contributed by atoms with E-state index in [0.29, 0.717) is 39.9 Å². The predicted octanol–water partition coefficient (Wildman–Crippen LogP) is 4.09. The summed E-state index contributed by atoms with van der Waals surface area (Å²) in [7, 11) is 6.10. The zero-order valence-electron chi connectivity index (χ0n) is 21.6. The minimum absolute atomic E-state index is 0.0753. The number of carbonyl (C=O) groups excluding carboxylic acids is 3. The first-order chi connectivity index (χ1) is 18.4. The van der Waals surface area contributed by atoms with Crippen LogP contribution in [0.5, 0.6) is 23.0 Å². The Kier molecular flexibility index (Phi) is 8.00. The van der Waals surface area contributed by atoms with Crippen LogP contribution in [0.3, 0.4) is 0 Å². The Hall–Kier alpha value is -4.73. The van der Waals surface area contributed by atoms with Crippen LogP contribution < -0.4 is 29.2 Å². The van der Waals surface area contributed by atoms with Crippen molar-refractivity contribution in [3.8, 4) is 23.0 Å². The average Bonchev–Trinajstić information content (AvgIpc) is 3.17. The molecule has 10 nitrogen and oxygen atoms in total. The van der Waals surface area contributed by atoms with E-state index in [0.717, 1.165) is 4.90 Å². The van der Waals surface area contributed by atoms with Gasteiger partial charge in [-0.2, -0.15) is 0 Å². The molecule has 1 fully saturated rings. The molecule has 0 aliphatic carbocycles. The lowest BCUT2D eigenvalue weighted by molar-refractivity contribution is -0.124. The maximum absolute atomic E-state index is 13.6. The van der Waals surface area contributed by atoms with E-state index in [-0.39, 0.29) is 13.0 Å². The van der Waals surface area contributed by atoms with Gasteiger partial charge in [-0.05, 0) is 54.1 Å². The Bertz CT molecular complexity index is 1330. The van der Waals surface area contributed by atoms with Crippen molar-refractivity contribution in [2.24, 2.45) is 0 Å². The molecule has 1 aliphatic rings. The fourth-order valence-electron chi connectivity index (χ4n) is 4.24. The van der Waals surface area contributed by atoms with E-state index in [2.05, 4.69) is 5.32 Å². The van der Waals surface area contributed by atoms with Gasteiger partial charge in [-0.1, -0.05) is 12.1 Å². The number of urea groups is 1. The van der Waals surface area contributed by atoms with Crippen LogP contribution in [0.15, 0.2) is 66.7 Å². The van der Waals surface area contributed by atoms with Crippen LogP contribution >= 0.6 is 0 Å². The number of amides is 4. The molecule has 1 heterocycles. The summed E-state index contributed by atoms with van der Waals surface area (Å²) in [6, 6.07) is 17.2. The highest BCUT2D eigenvalue weighted by Crippen LogP contribution is 2.33. The fourth-order valence-corrected chi connectivity index (χ4v) is 4.24. The Morgan fingerprint density at radius 3 is 2.18 bits per heavy atom. The van der Waals surface area contributed by atoms with E-state index in [1.54, 1.807) is 73.8 Å². The van der Waals surface area contributed by atoms with Crippen LogP contribution in [0.4, 0.5) is 16.2 Å². The van der Waals surface area contributed by atoms with Crippen molar-refractivity contribution in [2.75, 3.05) is 38.7 Å². The smallest absolute Gasteiger partial charge is 0.332 e. The quantitative estimate of drug-likeness (QED) is 0.402. The number of nitrogens with one attached hydrogen (secondary N) is 1. The van der Waals surface area contributed by atoms with Gasteiger partial charge in [0, 0.05) is 18.3 Å². The summed E-state index contributed by atoms with van der Waals surface area (Å²) in [6.07, 6.45) is -0.232. The molecule has 3 aromatic rings. The molecule has 0 radical (unpaired) electrons. The van der Waals surface area contributed by atoms with Crippen molar-refractivity contribution >= 4 is 29.2 Å². The lowest BCUT2D eigenvalue weighted by atomic mass is 10.1. The number of imide groups is 1. The van der Waals surface area contributed by atoms with Crippen LogP contribution in [-0.4, -0.2) is 57.2 Å². The van der Waals surface area contributed by atoms with Gasteiger partial charge in [-0.3, -0.25) is 9.59 Å². The van der Waals surface area contributed by atoms with E-state index in [4.69, 9.17) is 18.9 Å². The normalized spacial score (nSPS) is 14.9. The van der Waals surface area contributed by atoms with Gasteiger partial charge in [0.1, 0.15) is 17.5 Å². The number of methoxy groups -OCH3 is 4. The van der Waals surface area contributed by atoms with Crippen molar-refractivity contribution in [3.63, 3.8) is 0 Å². The second kappa shape index (κ2) is 11.5. The predicted molar refractivity (Wildman–Crippen MR) is 141 cm³/mol. The Labute approximate surface area is 220 Å². The van der Waals surface area contributed by atoms with Gasteiger partial charge in [0.05, 0.1) is 40.5 Å². The first-order valence-corrected chi connectivity index (χ1v) is 11.8. The number of benzene rings is 3. The minimum Gasteiger partial charge on any atom is -0.497 e. The zero-order valence-corrected chi connectivity index (χ0v) is 21.6. The van der Waals surface area contributed by atoms with Crippen LogP contribution in [-0.2, 0) is 16.1 Å². The SMILES string of the molecule is COc1ccc(NC(=O)C[C@H]2C(=O)N(c3cccc(OC)c3)C(=O)N2Cc2ccc(OC)c(OC)c2)cc1. The first kappa shape index (κ1) is 26.3. The molecule has 4 amide bonds. The highest BCUT2D eigenvalue weighted by molar-refractivity contribution is 6.22. The van der Waals surface area contributed by atoms with Crippen molar-refractivity contribution < 1.29 is 33.3 Å². The van der Waals surface area contributed by atoms with Crippen LogP contribution in [0.25, 0.3) is 0 Å². The summed E-state index contributed by atoms with van der Waals surface area (Å²) in [6.45, 7) is 0.0753. The van der Waals surface area contributed by atoms with E-state index < -0.39 is 23.9 Å². The van der Waals surface area contributed by atoms with Gasteiger partial charge in [-0.15, -0.1) is 0 Å². The molecule has 1 saturated heterocycles. The lowest BCUT2D eigenvalue weighted by Gasteiger charge is -2.22. The molecule has 4 rings (SSSR count). The topological polar surface area (TPSA) is 107 Å². The lowest BCUT2D eigenvalue weighted by Crippen LogP contribution is -2.37. The number of carbonyl (C=O) groups is 3. The molecule has 0 unspecified atom stereocenters. The molecule has 10 heteroatoms. The third kappa shape index (κ3) is 5.49. The third-order valence-electron chi connectivity index (χ3n) is 6.18. The number of nitrogens with zero attached hydrogens (tertiary/aromatic N) is 2. The van der Waals surface area contributed by atoms with Crippen molar-refractivity contribution in [3.05, 3.63) is 72.3 Å². The summed E-state index contributed by atoms with van der Waals surface area (Å²) in [4.78, 5) is 42.7. The second-order valence-corrected chi connectivity index (χ2v) is 8.47. The van der Waals surface area contributed by atoms with E-state index >= 15 is 0 Å². The molecule has 3 aromatic carbocycles. The summed E-state index contributed by atoms with van der Waals surface area (Å²) in [5.41, 5.74) is 1.61. The molecule has 38 heavy (non-hydrogen) atoms. The summed E-state index contributed by atoms with van der Waals surface area (Å²) >= 11 is 0. The van der Waals surface area contributed by atoms with Gasteiger partial charge in [0.15, 0.2) is 11.5 Å². The Balaban J connectivity index is 1.62. The average molecular weight is 520 g/mol. The largest absolute Gasteiger partial charge is 0.497 e. The number of rotatable bonds is 10. The molecule has 1 atom stereocenters. The molecule has 0 spiro atoms. The number of hydrogen-bond acceptors (Lipinski definition) is 7. The van der Waals surface area contributed by atoms with Gasteiger partial charge >= 0.3 is 6.03 Å². The fraction of sp³-hybridized carbons (Fsp3) is 0.250. The van der Waals surface area contributed by atoms with Crippen molar-refractivity contribution in [1.82, 2.24) is 4.90 Å². The standard InChI is InChI=1S/C28H29N3O7/c1-35-21-11-9-19(10-12-21)29-26(32)16-23-27(33)31(20-6-5-7-22(15-20)36-2)28(34)30(23)17-18-8-13-24(37-3)25(14-18)38-4/h5-15,23H,16-17H2,1-4H3,(H,29,32)/t23-/m0/s1. The van der Waals surface area contributed by atoms with Gasteiger partial charge < -0.3 is 29.2 Å². The Morgan fingerprint density at radius 1 is 0.816 bits per heavy atom. The van der Waals surface area contributed by atoms with E-state index in [9.17, 15) is 14.4 Å². The van der Waals surface area contributed by atoms with Crippen LogP contribution in [0.2, 0.25) is 0 Å². The summed E-state index contributed by atoms with van der Waals surface area (Å²) in [5, 5.41) is 2.79. The molecular weight excluding hydrogens is 490 g/mol. The number of ether oxygens (including phenoxy) is 4. The molecule has 0 saturated carbocycles. The van der Waals surface area contributed by atoms with Crippen LogP contribution in [0, 0.1) is 0 Å². The van der Waals surface area contributed by atoms with Gasteiger partial charge in [0.25, 0.3) is 5.91 Å². The monoisotopic (exact) mass is 519 g/mol. The van der Waals surface area contributed by atoms with Crippen molar-refractivity contribution in [1.29, 1.82) is 0 Å². The molecule has 0 bridgehead atoms. The van der Waals surface area contributed by atoms with Crippen LogP contribution in [0.1, 0.15) is 12.0 Å². The molecule has 1 aliphatic heterocycles. The first-order valence-electron chi connectivity index (χ1n) is 11.8. The maximum Gasteiger partial charge on any atom is 0.332 e. The summed E-state index contributed by atoms with van der Waals surface area (Å²) < 4.78 is 21.1. The zero-order chi connectivity index (χ0) is 27.2. The number of hydrogen-bond donors (Lipinski definition) is 1. The highest BCUT2D eigenvalue weighted by atomic mass is 16.5. The minimum atomic E-state index is -1.03. The number of anilines is 2. The van der Waals surface area contributed by atoms with E-state index in [1.807, 2.05) is 0 Å².